The number of piperazine rings is 1. The standard InChI is InChI=1S/C13H17F3N2S/c1-10-2-3-11(18-6-4-17-5-7-18)8-12(10)19-9-13(14,15)16/h2-3,8,17H,4-7,9H2,1H3. The van der Waals surface area contributed by atoms with E-state index in [9.17, 15) is 13.2 Å². The molecule has 0 radical (unpaired) electrons. The molecule has 0 unspecified atom stereocenters. The van der Waals surface area contributed by atoms with Crippen LogP contribution in [-0.4, -0.2) is 38.1 Å². The number of hydrogen-bond donors (Lipinski definition) is 1. The quantitative estimate of drug-likeness (QED) is 0.861. The van der Waals surface area contributed by atoms with Crippen LogP contribution in [0.1, 0.15) is 5.56 Å². The molecule has 1 saturated heterocycles. The summed E-state index contributed by atoms with van der Waals surface area (Å²) in [6.07, 6.45) is -4.12. The summed E-state index contributed by atoms with van der Waals surface area (Å²) in [7, 11) is 0. The van der Waals surface area contributed by atoms with Gasteiger partial charge in [-0.05, 0) is 24.6 Å². The Morgan fingerprint density at radius 3 is 2.58 bits per heavy atom. The first-order chi connectivity index (χ1) is 8.96. The molecule has 0 amide bonds. The Morgan fingerprint density at radius 2 is 1.95 bits per heavy atom. The van der Waals surface area contributed by atoms with E-state index in [0.717, 1.165) is 49.2 Å². The SMILES string of the molecule is Cc1ccc(N2CCNCC2)cc1SCC(F)(F)F. The molecule has 1 fully saturated rings. The van der Waals surface area contributed by atoms with Gasteiger partial charge in [-0.3, -0.25) is 0 Å². The van der Waals surface area contributed by atoms with E-state index in [2.05, 4.69) is 10.2 Å². The smallest absolute Gasteiger partial charge is 0.369 e. The number of hydrogen-bond acceptors (Lipinski definition) is 3. The zero-order valence-electron chi connectivity index (χ0n) is 10.8. The number of halogens is 3. The molecule has 2 nitrogen and oxygen atoms in total. The summed E-state index contributed by atoms with van der Waals surface area (Å²) in [5.41, 5.74) is 1.91. The van der Waals surface area contributed by atoms with Crippen LogP contribution in [0.25, 0.3) is 0 Å². The molecule has 2 rings (SSSR count). The van der Waals surface area contributed by atoms with Crippen molar-refractivity contribution in [3.63, 3.8) is 0 Å². The third kappa shape index (κ3) is 4.31. The molecule has 19 heavy (non-hydrogen) atoms. The number of thioether (sulfide) groups is 1. The van der Waals surface area contributed by atoms with Crippen LogP contribution in [0.2, 0.25) is 0 Å². The minimum Gasteiger partial charge on any atom is -0.369 e. The molecule has 0 bridgehead atoms. The van der Waals surface area contributed by atoms with E-state index < -0.39 is 11.9 Å². The van der Waals surface area contributed by atoms with Crippen molar-refractivity contribution in [3.8, 4) is 0 Å². The van der Waals surface area contributed by atoms with Crippen LogP contribution in [0.5, 0.6) is 0 Å². The first-order valence-electron chi connectivity index (χ1n) is 6.21. The van der Waals surface area contributed by atoms with Crippen molar-refractivity contribution in [1.82, 2.24) is 5.32 Å². The number of rotatable bonds is 3. The third-order valence-electron chi connectivity index (χ3n) is 3.05. The average molecular weight is 290 g/mol. The maximum absolute atomic E-state index is 12.3. The number of benzene rings is 1. The molecule has 1 heterocycles. The highest BCUT2D eigenvalue weighted by Gasteiger charge is 2.27. The van der Waals surface area contributed by atoms with Gasteiger partial charge in [-0.15, -0.1) is 11.8 Å². The zero-order chi connectivity index (χ0) is 13.9. The van der Waals surface area contributed by atoms with Gasteiger partial charge in [0.15, 0.2) is 0 Å². The molecule has 0 spiro atoms. The molecule has 1 aliphatic rings. The summed E-state index contributed by atoms with van der Waals surface area (Å²) in [5, 5.41) is 3.26. The molecule has 0 saturated carbocycles. The largest absolute Gasteiger partial charge is 0.398 e. The van der Waals surface area contributed by atoms with E-state index in [4.69, 9.17) is 0 Å². The topological polar surface area (TPSA) is 15.3 Å². The lowest BCUT2D eigenvalue weighted by atomic mass is 10.2. The predicted octanol–water partition coefficient (Wildman–Crippen LogP) is 3.06. The van der Waals surface area contributed by atoms with Crippen LogP contribution < -0.4 is 10.2 Å². The van der Waals surface area contributed by atoms with E-state index in [-0.39, 0.29) is 0 Å². The van der Waals surface area contributed by atoms with Crippen molar-refractivity contribution < 1.29 is 13.2 Å². The van der Waals surface area contributed by atoms with E-state index in [0.29, 0.717) is 4.90 Å². The summed E-state index contributed by atoms with van der Waals surface area (Å²) < 4.78 is 36.9. The summed E-state index contributed by atoms with van der Waals surface area (Å²) in [5.74, 6) is -0.834. The predicted molar refractivity (Wildman–Crippen MR) is 73.0 cm³/mol. The van der Waals surface area contributed by atoms with Crippen LogP contribution in [-0.2, 0) is 0 Å². The Bertz CT molecular complexity index is 428. The van der Waals surface area contributed by atoms with Gasteiger partial charge in [-0.2, -0.15) is 13.2 Å². The highest BCUT2D eigenvalue weighted by Crippen LogP contribution is 2.32. The van der Waals surface area contributed by atoms with Crippen LogP contribution in [0.3, 0.4) is 0 Å². The molecule has 1 N–H and O–H groups in total. The molecule has 106 valence electrons. The molecular formula is C13H17F3N2S. The van der Waals surface area contributed by atoms with Gasteiger partial charge < -0.3 is 10.2 Å². The molecule has 6 heteroatoms. The van der Waals surface area contributed by atoms with Crippen LogP contribution >= 0.6 is 11.8 Å². The van der Waals surface area contributed by atoms with Gasteiger partial charge in [0.25, 0.3) is 0 Å². The van der Waals surface area contributed by atoms with E-state index in [1.165, 1.54) is 0 Å². The third-order valence-corrected chi connectivity index (χ3v) is 4.27. The van der Waals surface area contributed by atoms with Crippen LogP contribution in [0.15, 0.2) is 23.1 Å². The van der Waals surface area contributed by atoms with E-state index in [1.54, 1.807) is 0 Å². The highest BCUT2D eigenvalue weighted by molar-refractivity contribution is 7.99. The van der Waals surface area contributed by atoms with Crippen LogP contribution in [0.4, 0.5) is 18.9 Å². The monoisotopic (exact) mass is 290 g/mol. The molecule has 1 aliphatic heterocycles. The van der Waals surface area contributed by atoms with Gasteiger partial charge in [0, 0.05) is 36.8 Å². The lowest BCUT2D eigenvalue weighted by Crippen LogP contribution is -2.43. The second-order valence-corrected chi connectivity index (χ2v) is 5.61. The number of aryl methyl sites for hydroxylation is 1. The fourth-order valence-electron chi connectivity index (χ4n) is 2.02. The molecule has 1 aromatic rings. The van der Waals surface area contributed by atoms with Crippen molar-refractivity contribution in [1.29, 1.82) is 0 Å². The minimum absolute atomic E-state index is 0.716. The number of alkyl halides is 3. The van der Waals surface area contributed by atoms with Crippen molar-refractivity contribution >= 4 is 17.4 Å². The summed E-state index contributed by atoms with van der Waals surface area (Å²) in [4.78, 5) is 2.92. The normalized spacial score (nSPS) is 16.7. The Hall–Kier alpha value is -0.880. The fourth-order valence-corrected chi connectivity index (χ4v) is 2.84. The second kappa shape index (κ2) is 6.05. The van der Waals surface area contributed by atoms with Gasteiger partial charge in [0.1, 0.15) is 0 Å². The second-order valence-electron chi connectivity index (χ2n) is 4.59. The zero-order valence-corrected chi connectivity index (χ0v) is 11.6. The van der Waals surface area contributed by atoms with Gasteiger partial charge >= 0.3 is 6.18 Å². The summed E-state index contributed by atoms with van der Waals surface area (Å²) >= 11 is 0.865. The lowest BCUT2D eigenvalue weighted by molar-refractivity contribution is -0.105. The number of anilines is 1. The minimum atomic E-state index is -4.12. The molecule has 0 atom stereocenters. The highest BCUT2D eigenvalue weighted by atomic mass is 32.2. The van der Waals surface area contributed by atoms with E-state index in [1.807, 2.05) is 25.1 Å². The van der Waals surface area contributed by atoms with Crippen molar-refractivity contribution in [2.75, 3.05) is 36.8 Å². The first-order valence-corrected chi connectivity index (χ1v) is 7.20. The van der Waals surface area contributed by atoms with E-state index >= 15 is 0 Å². The maximum atomic E-state index is 12.3. The van der Waals surface area contributed by atoms with Crippen LogP contribution in [0, 0.1) is 6.92 Å². The maximum Gasteiger partial charge on any atom is 0.398 e. The first kappa shape index (κ1) is 14.5. The van der Waals surface area contributed by atoms with Gasteiger partial charge in [-0.25, -0.2) is 0 Å². The Morgan fingerprint density at radius 1 is 1.26 bits per heavy atom. The molecule has 1 aromatic carbocycles. The molecular weight excluding hydrogens is 273 g/mol. The molecule has 0 aromatic heterocycles. The Labute approximate surface area is 115 Å². The Kier molecular flexibility index (Phi) is 4.62. The van der Waals surface area contributed by atoms with Crippen molar-refractivity contribution in [3.05, 3.63) is 23.8 Å². The van der Waals surface area contributed by atoms with Crippen molar-refractivity contribution in [2.45, 2.75) is 18.0 Å². The fraction of sp³-hybridized carbons (Fsp3) is 0.538. The number of nitrogens with zero attached hydrogens (tertiary/aromatic N) is 1. The summed E-state index contributed by atoms with van der Waals surface area (Å²) in [6, 6.07) is 5.76. The number of nitrogens with one attached hydrogen (secondary N) is 1. The van der Waals surface area contributed by atoms with Gasteiger partial charge in [0.2, 0.25) is 0 Å². The lowest BCUT2D eigenvalue weighted by Gasteiger charge is -2.30. The Balaban J connectivity index is 2.10. The average Bonchev–Trinajstić information content (AvgIpc) is 2.38. The van der Waals surface area contributed by atoms with Crippen molar-refractivity contribution in [2.24, 2.45) is 0 Å². The molecule has 0 aliphatic carbocycles. The van der Waals surface area contributed by atoms with Gasteiger partial charge in [-0.1, -0.05) is 6.07 Å². The van der Waals surface area contributed by atoms with Gasteiger partial charge in [0.05, 0.1) is 5.75 Å². The summed E-state index contributed by atoms with van der Waals surface area (Å²) in [6.45, 7) is 5.47.